The molecule has 5 rings (SSSR count). The minimum Gasteiger partial charge on any atom is -0.483 e. The largest absolute Gasteiger partial charge is 0.483 e. The molecule has 3 N–H and O–H groups in total. The third-order valence-corrected chi connectivity index (χ3v) is 8.28. The first-order chi connectivity index (χ1) is 22.1. The van der Waals surface area contributed by atoms with Crippen molar-refractivity contribution >= 4 is 18.2 Å². The molecule has 4 heterocycles. The lowest BCUT2D eigenvalue weighted by Crippen LogP contribution is -2.56. The standard InChI is InChI=1S/C31H34F3N7O2.CH2O2/c1-3-43-28-25(5-4-13-37-28)26-8-6-23(19-38-26)30(39-29(42)41-14-10-24(20-41)36-2)11-15-40(16-12-30)27-9-7-22(31(32,33)34)17-21(27)18-35;2-1-3/h4-9,13,17,19,24,36H,3,10-12,14-16,20H2,1-2H3,(H,39,42);1H,(H,2,3)/t24-;/m1./s1. The van der Waals surface area contributed by atoms with Crippen LogP contribution in [0.2, 0.25) is 0 Å². The van der Waals surface area contributed by atoms with Crippen LogP contribution in [0.25, 0.3) is 11.3 Å². The Bertz CT molecular complexity index is 1540. The summed E-state index contributed by atoms with van der Waals surface area (Å²) >= 11 is 0. The third kappa shape index (κ3) is 7.66. The number of nitrogens with zero attached hydrogens (tertiary/aromatic N) is 5. The number of nitriles is 1. The van der Waals surface area contributed by atoms with Crippen LogP contribution >= 0.6 is 0 Å². The van der Waals surface area contributed by atoms with E-state index in [4.69, 9.17) is 19.6 Å². The Hall–Kier alpha value is -4.90. The van der Waals surface area contributed by atoms with E-state index in [0.717, 1.165) is 29.7 Å². The van der Waals surface area contributed by atoms with Crippen molar-refractivity contribution in [3.63, 3.8) is 0 Å². The zero-order valence-corrected chi connectivity index (χ0v) is 25.5. The number of halogens is 3. The summed E-state index contributed by atoms with van der Waals surface area (Å²) in [5, 5.41) is 23.1. The maximum atomic E-state index is 13.5. The highest BCUT2D eigenvalue weighted by molar-refractivity contribution is 5.76. The molecule has 0 unspecified atom stereocenters. The summed E-state index contributed by atoms with van der Waals surface area (Å²) in [7, 11) is 1.88. The van der Waals surface area contributed by atoms with Gasteiger partial charge in [-0.05, 0) is 75.2 Å². The SMILES string of the molecule is CCOc1ncccc1-c1ccc(C2(NC(=O)N3CC[C@@H](NC)C3)CCN(c3ccc(C(F)(F)F)cc3C#N)CC2)cn1.O=CO. The number of hydrogen-bond donors (Lipinski definition) is 3. The second-order valence-electron chi connectivity index (χ2n) is 10.9. The number of piperidine rings is 1. The summed E-state index contributed by atoms with van der Waals surface area (Å²) < 4.78 is 45.5. The first kappa shape index (κ1) is 34.0. The first-order valence-corrected chi connectivity index (χ1v) is 14.8. The Morgan fingerprint density at radius 2 is 1.93 bits per heavy atom. The van der Waals surface area contributed by atoms with E-state index in [9.17, 15) is 23.2 Å². The molecule has 2 fully saturated rings. The molecule has 46 heavy (non-hydrogen) atoms. The van der Waals surface area contributed by atoms with E-state index < -0.39 is 17.3 Å². The molecular weight excluding hydrogens is 603 g/mol. The fourth-order valence-corrected chi connectivity index (χ4v) is 5.83. The van der Waals surface area contributed by atoms with E-state index >= 15 is 0 Å². The minimum absolute atomic E-state index is 0.0332. The summed E-state index contributed by atoms with van der Waals surface area (Å²) in [4.78, 5) is 34.6. The number of urea groups is 1. The number of ether oxygens (including phenoxy) is 1. The average molecular weight is 640 g/mol. The van der Waals surface area contributed by atoms with E-state index in [1.54, 1.807) is 17.3 Å². The normalized spacial score (nSPS) is 17.3. The smallest absolute Gasteiger partial charge is 0.416 e. The lowest BCUT2D eigenvalue weighted by molar-refractivity contribution is -0.137. The Kier molecular flexibility index (Phi) is 11.0. The second kappa shape index (κ2) is 14.9. The Morgan fingerprint density at radius 3 is 2.52 bits per heavy atom. The summed E-state index contributed by atoms with van der Waals surface area (Å²) in [6, 6.07) is 12.8. The predicted octanol–water partition coefficient (Wildman–Crippen LogP) is 4.63. The fraction of sp³-hybridized carbons (Fsp3) is 0.406. The summed E-state index contributed by atoms with van der Waals surface area (Å²) in [5.41, 5.74) is 1.04. The summed E-state index contributed by atoms with van der Waals surface area (Å²) in [6.07, 6.45) is 0.669. The zero-order chi connectivity index (χ0) is 33.3. The lowest BCUT2D eigenvalue weighted by atomic mass is 9.81. The van der Waals surface area contributed by atoms with Crippen LogP contribution in [0.1, 0.15) is 42.9 Å². The van der Waals surface area contributed by atoms with Gasteiger partial charge < -0.3 is 30.3 Å². The second-order valence-corrected chi connectivity index (χ2v) is 10.9. The number of carbonyl (C=O) groups excluding carboxylic acids is 1. The number of likely N-dealkylation sites (tertiary alicyclic amines) is 1. The minimum atomic E-state index is -4.54. The molecule has 1 atom stereocenters. The molecule has 11 nitrogen and oxygen atoms in total. The van der Waals surface area contributed by atoms with Crippen molar-refractivity contribution in [3.8, 4) is 23.2 Å². The van der Waals surface area contributed by atoms with Crippen LogP contribution in [0.5, 0.6) is 5.88 Å². The maximum absolute atomic E-state index is 13.5. The number of rotatable bonds is 7. The van der Waals surface area contributed by atoms with Crippen molar-refractivity contribution in [2.45, 2.75) is 43.9 Å². The molecule has 0 saturated carbocycles. The van der Waals surface area contributed by atoms with Crippen molar-refractivity contribution in [3.05, 3.63) is 71.5 Å². The lowest BCUT2D eigenvalue weighted by Gasteiger charge is -2.44. The molecule has 0 aliphatic carbocycles. The van der Waals surface area contributed by atoms with Crippen LogP contribution in [0.15, 0.2) is 54.9 Å². The third-order valence-electron chi connectivity index (χ3n) is 8.28. The Morgan fingerprint density at radius 1 is 1.20 bits per heavy atom. The molecule has 2 aromatic heterocycles. The molecule has 2 amide bonds. The summed E-state index contributed by atoms with van der Waals surface area (Å²) in [5.74, 6) is 0.486. The van der Waals surface area contributed by atoms with Gasteiger partial charge in [-0.1, -0.05) is 6.07 Å². The van der Waals surface area contributed by atoms with Gasteiger partial charge in [0.1, 0.15) is 6.07 Å². The average Bonchev–Trinajstić information content (AvgIpc) is 3.55. The first-order valence-electron chi connectivity index (χ1n) is 14.8. The van der Waals surface area contributed by atoms with Crippen LogP contribution in [-0.4, -0.2) is 78.4 Å². The number of nitrogens with one attached hydrogen (secondary N) is 2. The molecular formula is C32H36F3N7O4. The van der Waals surface area contributed by atoms with Gasteiger partial charge in [0.25, 0.3) is 6.47 Å². The van der Waals surface area contributed by atoms with Gasteiger partial charge in [-0.3, -0.25) is 9.78 Å². The van der Waals surface area contributed by atoms with E-state index in [1.807, 2.05) is 49.2 Å². The van der Waals surface area contributed by atoms with E-state index in [2.05, 4.69) is 15.6 Å². The number of anilines is 1. The van der Waals surface area contributed by atoms with Gasteiger partial charge in [0.2, 0.25) is 5.88 Å². The van der Waals surface area contributed by atoms with Gasteiger partial charge in [0, 0.05) is 44.6 Å². The van der Waals surface area contributed by atoms with Gasteiger partial charge in [-0.25, -0.2) is 9.78 Å². The molecule has 0 bridgehead atoms. The Labute approximate surface area is 265 Å². The number of carboxylic acid groups (broad SMARTS) is 1. The number of hydrogen-bond acceptors (Lipinski definition) is 8. The van der Waals surface area contributed by atoms with Crippen molar-refractivity contribution < 1.29 is 32.6 Å². The van der Waals surface area contributed by atoms with Crippen molar-refractivity contribution in [1.82, 2.24) is 25.5 Å². The molecule has 14 heteroatoms. The molecule has 0 spiro atoms. The number of likely N-dealkylation sites (N-methyl/N-ethyl adjacent to an activating group) is 1. The number of alkyl halides is 3. The van der Waals surface area contributed by atoms with Crippen molar-refractivity contribution in [2.75, 3.05) is 44.7 Å². The highest BCUT2D eigenvalue weighted by Crippen LogP contribution is 2.38. The molecule has 1 aromatic carbocycles. The van der Waals surface area contributed by atoms with Gasteiger partial charge in [-0.15, -0.1) is 0 Å². The van der Waals surface area contributed by atoms with Crippen LogP contribution in [0, 0.1) is 11.3 Å². The van der Waals surface area contributed by atoms with Crippen LogP contribution < -0.4 is 20.3 Å². The topological polar surface area (TPSA) is 144 Å². The number of pyridine rings is 2. The maximum Gasteiger partial charge on any atom is 0.416 e. The highest BCUT2D eigenvalue weighted by atomic mass is 19.4. The predicted molar refractivity (Wildman–Crippen MR) is 164 cm³/mol. The van der Waals surface area contributed by atoms with Crippen LogP contribution in [-0.2, 0) is 16.5 Å². The van der Waals surface area contributed by atoms with Gasteiger partial charge in [0.05, 0.1) is 40.2 Å². The monoisotopic (exact) mass is 639 g/mol. The molecule has 0 radical (unpaired) electrons. The number of aromatic nitrogens is 2. The van der Waals surface area contributed by atoms with Crippen molar-refractivity contribution in [2.24, 2.45) is 0 Å². The van der Waals surface area contributed by atoms with Crippen molar-refractivity contribution in [1.29, 1.82) is 5.26 Å². The highest BCUT2D eigenvalue weighted by Gasteiger charge is 2.41. The van der Waals surface area contributed by atoms with Gasteiger partial charge in [0.15, 0.2) is 0 Å². The quantitative estimate of drug-likeness (QED) is 0.315. The molecule has 2 aliphatic rings. The zero-order valence-electron chi connectivity index (χ0n) is 25.5. The van der Waals surface area contributed by atoms with E-state index in [0.29, 0.717) is 62.9 Å². The number of amides is 2. The molecule has 2 saturated heterocycles. The molecule has 244 valence electrons. The van der Waals surface area contributed by atoms with Crippen LogP contribution in [0.4, 0.5) is 23.7 Å². The van der Waals surface area contributed by atoms with E-state index in [-0.39, 0.29) is 24.1 Å². The molecule has 2 aliphatic heterocycles. The Balaban J connectivity index is 0.00000154. The van der Waals surface area contributed by atoms with E-state index in [1.165, 1.54) is 6.07 Å². The fourth-order valence-electron chi connectivity index (χ4n) is 5.83. The number of carbonyl (C=O) groups is 2. The van der Waals surface area contributed by atoms with Gasteiger partial charge in [-0.2, -0.15) is 18.4 Å². The summed E-state index contributed by atoms with van der Waals surface area (Å²) in [6.45, 7) is 4.16. The van der Waals surface area contributed by atoms with Crippen LogP contribution in [0.3, 0.4) is 0 Å². The van der Waals surface area contributed by atoms with Gasteiger partial charge >= 0.3 is 12.2 Å². The number of benzene rings is 1. The molecule has 3 aromatic rings.